The zero-order valence-corrected chi connectivity index (χ0v) is 16.8. The van der Waals surface area contributed by atoms with Crippen LogP contribution in [0.25, 0.3) is 11.0 Å². The molecule has 1 atom stereocenters. The maximum Gasteiger partial charge on any atom is 0.255 e. The Morgan fingerprint density at radius 3 is 2.83 bits per heavy atom. The van der Waals surface area contributed by atoms with E-state index in [0.717, 1.165) is 29.7 Å². The second kappa shape index (κ2) is 8.44. The monoisotopic (exact) mass is 408 g/mol. The van der Waals surface area contributed by atoms with E-state index in [1.807, 2.05) is 29.2 Å². The minimum atomic E-state index is -0.581. The predicted octanol–water partition coefficient (Wildman–Crippen LogP) is 2.46. The Hall–Kier alpha value is -3.55. The fraction of sp³-hybridized carbons (Fsp3) is 0.318. The van der Waals surface area contributed by atoms with Crippen molar-refractivity contribution in [1.29, 1.82) is 0 Å². The number of aromatic nitrogens is 2. The number of piperidine rings is 1. The highest BCUT2D eigenvalue weighted by atomic mass is 16.5. The molecule has 0 spiro atoms. The number of nitrogens with two attached hydrogens (primary N) is 1. The van der Waals surface area contributed by atoms with Gasteiger partial charge < -0.3 is 25.1 Å². The number of likely N-dealkylation sites (tertiary alicyclic amines) is 1. The van der Waals surface area contributed by atoms with Gasteiger partial charge in [0.1, 0.15) is 5.82 Å². The van der Waals surface area contributed by atoms with Gasteiger partial charge >= 0.3 is 0 Å². The Morgan fingerprint density at radius 1 is 1.23 bits per heavy atom. The molecule has 2 heterocycles. The summed E-state index contributed by atoms with van der Waals surface area (Å²) in [6.07, 6.45) is 1.89. The molecule has 0 radical (unpaired) electrons. The van der Waals surface area contributed by atoms with E-state index in [9.17, 15) is 9.59 Å². The molecule has 8 heteroatoms. The van der Waals surface area contributed by atoms with Gasteiger partial charge in [-0.15, -0.1) is 0 Å². The predicted molar refractivity (Wildman–Crippen MR) is 112 cm³/mol. The number of hydrogen-bond acceptors (Lipinski definition) is 5. The van der Waals surface area contributed by atoms with Gasteiger partial charge in [-0.1, -0.05) is 12.1 Å². The van der Waals surface area contributed by atoms with Crippen LogP contribution in [0, 0.1) is 0 Å². The molecule has 2 aromatic carbocycles. The lowest BCUT2D eigenvalue weighted by Crippen LogP contribution is -2.39. The fourth-order valence-corrected chi connectivity index (χ4v) is 3.80. The molecule has 156 valence electrons. The summed E-state index contributed by atoms with van der Waals surface area (Å²) in [5, 5.41) is 0. The first-order valence-corrected chi connectivity index (χ1v) is 9.88. The zero-order valence-electron chi connectivity index (χ0n) is 16.8. The topological polar surface area (TPSA) is 111 Å². The summed E-state index contributed by atoms with van der Waals surface area (Å²) in [5.74, 6) is 1.17. The van der Waals surface area contributed by atoms with E-state index < -0.39 is 5.91 Å². The number of aromatic amines is 1. The number of carbonyl (C=O) groups excluding carboxylic acids is 2. The van der Waals surface area contributed by atoms with Gasteiger partial charge in [0.25, 0.3) is 11.8 Å². The van der Waals surface area contributed by atoms with Gasteiger partial charge in [-0.25, -0.2) is 4.98 Å². The number of imidazole rings is 1. The number of ether oxygens (including phenoxy) is 2. The van der Waals surface area contributed by atoms with Crippen LogP contribution in [0.5, 0.6) is 11.5 Å². The minimum absolute atomic E-state index is 0.0736. The maximum absolute atomic E-state index is 13.1. The molecule has 2 amide bonds. The first-order valence-electron chi connectivity index (χ1n) is 9.88. The third-order valence-electron chi connectivity index (χ3n) is 5.28. The fourth-order valence-electron chi connectivity index (χ4n) is 3.80. The van der Waals surface area contributed by atoms with Crippen LogP contribution in [-0.2, 0) is 4.79 Å². The van der Waals surface area contributed by atoms with E-state index in [0.29, 0.717) is 30.2 Å². The van der Waals surface area contributed by atoms with Crippen LogP contribution >= 0.6 is 0 Å². The molecule has 3 N–H and O–H groups in total. The van der Waals surface area contributed by atoms with E-state index in [1.54, 1.807) is 18.2 Å². The zero-order chi connectivity index (χ0) is 21.1. The summed E-state index contributed by atoms with van der Waals surface area (Å²) in [7, 11) is 1.49. The number of fused-ring (bicyclic) bond motifs is 1. The van der Waals surface area contributed by atoms with Crippen molar-refractivity contribution in [2.24, 2.45) is 5.73 Å². The largest absolute Gasteiger partial charge is 0.493 e. The molecule has 30 heavy (non-hydrogen) atoms. The van der Waals surface area contributed by atoms with E-state index in [-0.39, 0.29) is 18.4 Å². The molecule has 1 aliphatic heterocycles. The molecule has 1 saturated heterocycles. The number of hydrogen-bond donors (Lipinski definition) is 2. The molecule has 4 rings (SSSR count). The van der Waals surface area contributed by atoms with E-state index >= 15 is 0 Å². The highest BCUT2D eigenvalue weighted by Gasteiger charge is 2.28. The van der Waals surface area contributed by atoms with Crippen molar-refractivity contribution >= 4 is 22.8 Å². The van der Waals surface area contributed by atoms with Crippen LogP contribution in [0.15, 0.2) is 42.5 Å². The Morgan fingerprint density at radius 2 is 2.07 bits per heavy atom. The summed E-state index contributed by atoms with van der Waals surface area (Å²) >= 11 is 0. The van der Waals surface area contributed by atoms with Crippen molar-refractivity contribution in [3.05, 3.63) is 53.9 Å². The summed E-state index contributed by atoms with van der Waals surface area (Å²) < 4.78 is 10.7. The van der Waals surface area contributed by atoms with Crippen LogP contribution < -0.4 is 15.2 Å². The molecule has 1 aliphatic rings. The molecule has 8 nitrogen and oxygen atoms in total. The number of carbonyl (C=O) groups is 2. The van der Waals surface area contributed by atoms with Crippen LogP contribution in [0.1, 0.15) is 34.9 Å². The summed E-state index contributed by atoms with van der Waals surface area (Å²) in [6.45, 7) is 1.04. The van der Waals surface area contributed by atoms with Gasteiger partial charge in [0.2, 0.25) is 0 Å². The lowest BCUT2D eigenvalue weighted by Gasteiger charge is -2.32. The van der Waals surface area contributed by atoms with Gasteiger partial charge in [-0.2, -0.15) is 0 Å². The van der Waals surface area contributed by atoms with E-state index in [4.69, 9.17) is 20.2 Å². The van der Waals surface area contributed by atoms with Crippen LogP contribution in [0.2, 0.25) is 0 Å². The van der Waals surface area contributed by atoms with Crippen molar-refractivity contribution in [3.8, 4) is 11.5 Å². The van der Waals surface area contributed by atoms with E-state index in [1.165, 1.54) is 7.11 Å². The molecular formula is C22H24N4O4. The normalized spacial score (nSPS) is 16.4. The number of nitrogens with zero attached hydrogens (tertiary/aromatic N) is 2. The first-order chi connectivity index (χ1) is 14.5. The second-order valence-corrected chi connectivity index (χ2v) is 7.35. The van der Waals surface area contributed by atoms with Crippen LogP contribution in [0.4, 0.5) is 0 Å². The van der Waals surface area contributed by atoms with Crippen LogP contribution in [0.3, 0.4) is 0 Å². The number of rotatable bonds is 6. The quantitative estimate of drug-likeness (QED) is 0.651. The Labute approximate surface area is 174 Å². The third kappa shape index (κ3) is 4.07. The summed E-state index contributed by atoms with van der Waals surface area (Å²) in [6, 6.07) is 12.9. The second-order valence-electron chi connectivity index (χ2n) is 7.35. The van der Waals surface area contributed by atoms with Gasteiger partial charge in [0, 0.05) is 24.6 Å². The number of H-pyrrole nitrogens is 1. The van der Waals surface area contributed by atoms with Gasteiger partial charge in [-0.3, -0.25) is 9.59 Å². The molecule has 1 fully saturated rings. The Bertz CT molecular complexity index is 1040. The molecule has 0 unspecified atom stereocenters. The molecule has 3 aromatic rings. The Balaban J connectivity index is 1.50. The smallest absolute Gasteiger partial charge is 0.255 e. The standard InChI is InChI=1S/C22H24N4O4/c1-29-19-11-14(8-9-18(19)30-13-20(23)27)22(28)26-10-4-5-15(12-26)21-24-16-6-2-3-7-17(16)25-21/h2-3,6-9,11,15H,4-5,10,12-13H2,1H3,(H2,23,27)(H,24,25)/t15-/m1/s1. The first kappa shape index (κ1) is 19.8. The maximum atomic E-state index is 13.1. The highest BCUT2D eigenvalue weighted by Crippen LogP contribution is 2.31. The summed E-state index contributed by atoms with van der Waals surface area (Å²) in [5.41, 5.74) is 7.57. The summed E-state index contributed by atoms with van der Waals surface area (Å²) in [4.78, 5) is 34.0. The number of nitrogens with one attached hydrogen (secondary N) is 1. The number of benzene rings is 2. The molecule has 1 aromatic heterocycles. The molecular weight excluding hydrogens is 384 g/mol. The average Bonchev–Trinajstić information content (AvgIpc) is 3.21. The van der Waals surface area contributed by atoms with Crippen LogP contribution in [-0.4, -0.2) is 53.5 Å². The van der Waals surface area contributed by atoms with Crippen molar-refractivity contribution in [1.82, 2.24) is 14.9 Å². The average molecular weight is 408 g/mol. The van der Waals surface area contributed by atoms with Crippen molar-refractivity contribution in [3.63, 3.8) is 0 Å². The Kier molecular flexibility index (Phi) is 5.56. The van der Waals surface area contributed by atoms with Crippen molar-refractivity contribution in [2.45, 2.75) is 18.8 Å². The lowest BCUT2D eigenvalue weighted by molar-refractivity contribution is -0.119. The van der Waals surface area contributed by atoms with Crippen molar-refractivity contribution < 1.29 is 19.1 Å². The number of para-hydroxylation sites is 2. The molecule has 0 saturated carbocycles. The minimum Gasteiger partial charge on any atom is -0.493 e. The third-order valence-corrected chi connectivity index (χ3v) is 5.28. The number of primary amides is 1. The number of methoxy groups -OCH3 is 1. The number of amides is 2. The van der Waals surface area contributed by atoms with E-state index in [2.05, 4.69) is 4.98 Å². The lowest BCUT2D eigenvalue weighted by atomic mass is 9.96. The highest BCUT2D eigenvalue weighted by molar-refractivity contribution is 5.95. The van der Waals surface area contributed by atoms with Gasteiger partial charge in [0.05, 0.1) is 18.1 Å². The van der Waals surface area contributed by atoms with Gasteiger partial charge in [-0.05, 0) is 43.2 Å². The SMILES string of the molecule is COc1cc(C(=O)N2CCC[C@@H](c3nc4ccccc4[nH]3)C2)ccc1OCC(N)=O. The molecule has 0 bridgehead atoms. The van der Waals surface area contributed by atoms with Gasteiger partial charge in [0.15, 0.2) is 18.1 Å². The molecule has 0 aliphatic carbocycles. The van der Waals surface area contributed by atoms with Crippen molar-refractivity contribution in [2.75, 3.05) is 26.8 Å².